The first-order valence-corrected chi connectivity index (χ1v) is 4.70. The summed E-state index contributed by atoms with van der Waals surface area (Å²) in [4.78, 5) is 15.5. The molecule has 4 heteroatoms. The number of oxime groups is 1. The molecule has 0 saturated heterocycles. The highest BCUT2D eigenvalue weighted by Gasteiger charge is 2.06. The average molecular weight is 207 g/mol. The van der Waals surface area contributed by atoms with Crippen LogP contribution in [-0.4, -0.2) is 16.8 Å². The summed E-state index contributed by atoms with van der Waals surface area (Å²) in [6, 6.07) is 9.46. The SMILES string of the molecule is CC/C(=N\OCc1ccccc1)C(=O)O. The van der Waals surface area contributed by atoms with E-state index in [9.17, 15) is 4.79 Å². The van der Waals surface area contributed by atoms with Crippen LogP contribution in [0.4, 0.5) is 0 Å². The van der Waals surface area contributed by atoms with Crippen molar-refractivity contribution >= 4 is 11.7 Å². The molecule has 0 heterocycles. The number of benzene rings is 1. The fourth-order valence-corrected chi connectivity index (χ4v) is 1.01. The Morgan fingerprint density at radius 1 is 1.40 bits per heavy atom. The molecule has 0 aliphatic heterocycles. The first kappa shape index (κ1) is 11.2. The van der Waals surface area contributed by atoms with Crippen molar-refractivity contribution in [3.05, 3.63) is 35.9 Å². The Hall–Kier alpha value is -1.84. The highest BCUT2D eigenvalue weighted by molar-refractivity contribution is 6.35. The van der Waals surface area contributed by atoms with Crippen LogP contribution in [0.1, 0.15) is 18.9 Å². The van der Waals surface area contributed by atoms with Gasteiger partial charge in [0.2, 0.25) is 0 Å². The molecule has 0 aromatic heterocycles. The largest absolute Gasteiger partial charge is 0.477 e. The summed E-state index contributed by atoms with van der Waals surface area (Å²) in [5, 5.41) is 12.2. The van der Waals surface area contributed by atoms with Gasteiger partial charge in [-0.2, -0.15) is 0 Å². The van der Waals surface area contributed by atoms with Gasteiger partial charge in [-0.15, -0.1) is 0 Å². The standard InChI is InChI=1S/C11H13NO3/c1-2-10(11(13)14)12-15-8-9-6-4-3-5-7-9/h3-7H,2,8H2,1H3,(H,13,14)/b12-10+. The van der Waals surface area contributed by atoms with Crippen LogP contribution in [0.15, 0.2) is 35.5 Å². The van der Waals surface area contributed by atoms with Gasteiger partial charge in [0, 0.05) is 0 Å². The van der Waals surface area contributed by atoms with Crippen molar-refractivity contribution in [3.63, 3.8) is 0 Å². The Balaban J connectivity index is 2.48. The molecule has 0 saturated carbocycles. The number of hydrogen-bond donors (Lipinski definition) is 1. The van der Waals surface area contributed by atoms with E-state index in [0.29, 0.717) is 6.42 Å². The number of carboxylic acids is 1. The topological polar surface area (TPSA) is 58.9 Å². The van der Waals surface area contributed by atoms with Crippen LogP contribution in [0.2, 0.25) is 0 Å². The molecule has 0 radical (unpaired) electrons. The summed E-state index contributed by atoms with van der Waals surface area (Å²) < 4.78 is 0. The molecule has 0 spiro atoms. The van der Waals surface area contributed by atoms with Crippen molar-refractivity contribution in [1.29, 1.82) is 0 Å². The van der Waals surface area contributed by atoms with Gasteiger partial charge in [0.25, 0.3) is 0 Å². The fraction of sp³-hybridized carbons (Fsp3) is 0.273. The number of carbonyl (C=O) groups is 1. The number of hydrogen-bond acceptors (Lipinski definition) is 3. The molecule has 80 valence electrons. The molecule has 1 aromatic carbocycles. The van der Waals surface area contributed by atoms with Gasteiger partial charge < -0.3 is 9.94 Å². The third-order valence-corrected chi connectivity index (χ3v) is 1.83. The summed E-state index contributed by atoms with van der Waals surface area (Å²) in [5.74, 6) is -1.04. The zero-order chi connectivity index (χ0) is 11.1. The number of rotatable bonds is 5. The summed E-state index contributed by atoms with van der Waals surface area (Å²) in [5.41, 5.74) is 0.994. The lowest BCUT2D eigenvalue weighted by atomic mass is 10.2. The number of aliphatic carboxylic acids is 1. The number of carboxylic acid groups (broad SMARTS) is 1. The lowest BCUT2D eigenvalue weighted by Crippen LogP contribution is -2.11. The molecular formula is C11H13NO3. The van der Waals surface area contributed by atoms with Gasteiger partial charge in [-0.25, -0.2) is 4.79 Å². The third kappa shape index (κ3) is 3.81. The van der Waals surface area contributed by atoms with Crippen LogP contribution in [0.25, 0.3) is 0 Å². The van der Waals surface area contributed by atoms with Crippen molar-refractivity contribution in [1.82, 2.24) is 0 Å². The molecule has 4 nitrogen and oxygen atoms in total. The van der Waals surface area contributed by atoms with Gasteiger partial charge in [-0.1, -0.05) is 42.4 Å². The summed E-state index contributed by atoms with van der Waals surface area (Å²) in [7, 11) is 0. The van der Waals surface area contributed by atoms with E-state index < -0.39 is 5.97 Å². The quantitative estimate of drug-likeness (QED) is 0.593. The normalized spacial score (nSPS) is 11.1. The molecule has 1 rings (SSSR count). The highest BCUT2D eigenvalue weighted by Crippen LogP contribution is 2.01. The summed E-state index contributed by atoms with van der Waals surface area (Å²) >= 11 is 0. The summed E-state index contributed by atoms with van der Waals surface area (Å²) in [6.45, 7) is 2.01. The maximum atomic E-state index is 10.6. The van der Waals surface area contributed by atoms with Crippen LogP contribution in [0.5, 0.6) is 0 Å². The van der Waals surface area contributed by atoms with Crippen LogP contribution in [0, 0.1) is 0 Å². The second kappa shape index (κ2) is 5.80. The molecule has 15 heavy (non-hydrogen) atoms. The van der Waals surface area contributed by atoms with Crippen molar-refractivity contribution in [2.24, 2.45) is 5.16 Å². The Bertz CT molecular complexity index is 346. The second-order valence-corrected chi connectivity index (χ2v) is 2.96. The van der Waals surface area contributed by atoms with Crippen LogP contribution < -0.4 is 0 Å². The first-order valence-electron chi connectivity index (χ1n) is 4.70. The highest BCUT2D eigenvalue weighted by atomic mass is 16.6. The fourth-order valence-electron chi connectivity index (χ4n) is 1.01. The van der Waals surface area contributed by atoms with Crippen LogP contribution in [0.3, 0.4) is 0 Å². The van der Waals surface area contributed by atoms with Gasteiger partial charge in [0.05, 0.1) is 0 Å². The van der Waals surface area contributed by atoms with E-state index in [0.717, 1.165) is 5.56 Å². The lowest BCUT2D eigenvalue weighted by molar-refractivity contribution is -0.129. The summed E-state index contributed by atoms with van der Waals surface area (Å²) in [6.07, 6.45) is 0.351. The molecule has 0 unspecified atom stereocenters. The molecule has 0 aliphatic carbocycles. The third-order valence-electron chi connectivity index (χ3n) is 1.83. The minimum atomic E-state index is -1.04. The molecule has 0 bridgehead atoms. The van der Waals surface area contributed by atoms with Crippen molar-refractivity contribution in [2.45, 2.75) is 20.0 Å². The smallest absolute Gasteiger partial charge is 0.353 e. The van der Waals surface area contributed by atoms with E-state index >= 15 is 0 Å². The van der Waals surface area contributed by atoms with E-state index in [4.69, 9.17) is 9.94 Å². The number of nitrogens with zero attached hydrogens (tertiary/aromatic N) is 1. The van der Waals surface area contributed by atoms with Gasteiger partial charge in [0.15, 0.2) is 5.71 Å². The predicted molar refractivity (Wildman–Crippen MR) is 56.6 cm³/mol. The molecule has 0 atom stereocenters. The Morgan fingerprint density at radius 3 is 2.60 bits per heavy atom. The minimum absolute atomic E-state index is 0.0333. The Kier molecular flexibility index (Phi) is 4.34. The average Bonchev–Trinajstić information content (AvgIpc) is 2.25. The first-order chi connectivity index (χ1) is 7.24. The van der Waals surface area contributed by atoms with Gasteiger partial charge >= 0.3 is 5.97 Å². The van der Waals surface area contributed by atoms with Gasteiger partial charge in [-0.3, -0.25) is 0 Å². The molecule has 0 amide bonds. The molecule has 0 fully saturated rings. The Morgan fingerprint density at radius 2 is 2.07 bits per heavy atom. The lowest BCUT2D eigenvalue weighted by Gasteiger charge is -2.00. The van der Waals surface area contributed by atoms with Crippen molar-refractivity contribution in [3.8, 4) is 0 Å². The maximum Gasteiger partial charge on any atom is 0.353 e. The zero-order valence-electron chi connectivity index (χ0n) is 8.51. The van der Waals surface area contributed by atoms with Crippen molar-refractivity contribution in [2.75, 3.05) is 0 Å². The predicted octanol–water partition coefficient (Wildman–Crippen LogP) is 2.05. The van der Waals surface area contributed by atoms with Gasteiger partial charge in [-0.05, 0) is 12.0 Å². The van der Waals surface area contributed by atoms with E-state index in [1.54, 1.807) is 6.92 Å². The molecular weight excluding hydrogens is 194 g/mol. The van der Waals surface area contributed by atoms with Gasteiger partial charge in [0.1, 0.15) is 6.61 Å². The van der Waals surface area contributed by atoms with Crippen molar-refractivity contribution < 1.29 is 14.7 Å². The van der Waals surface area contributed by atoms with E-state index in [1.807, 2.05) is 30.3 Å². The second-order valence-electron chi connectivity index (χ2n) is 2.96. The van der Waals surface area contributed by atoms with Crippen LogP contribution in [-0.2, 0) is 16.2 Å². The molecule has 1 aromatic rings. The maximum absolute atomic E-state index is 10.6. The van der Waals surface area contributed by atoms with Crippen LogP contribution >= 0.6 is 0 Å². The molecule has 1 N–H and O–H groups in total. The Labute approximate surface area is 88.2 Å². The monoisotopic (exact) mass is 207 g/mol. The zero-order valence-corrected chi connectivity index (χ0v) is 8.51. The minimum Gasteiger partial charge on any atom is -0.477 e. The van der Waals surface area contributed by atoms with E-state index in [2.05, 4.69) is 5.16 Å². The molecule has 0 aliphatic rings. The van der Waals surface area contributed by atoms with E-state index in [1.165, 1.54) is 0 Å². The van der Waals surface area contributed by atoms with E-state index in [-0.39, 0.29) is 12.3 Å².